The minimum atomic E-state index is 0.0679. The Morgan fingerprint density at radius 1 is 1.06 bits per heavy atom. The van der Waals surface area contributed by atoms with E-state index in [9.17, 15) is 15.0 Å². The van der Waals surface area contributed by atoms with Crippen molar-refractivity contribution in [3.8, 4) is 17.2 Å². The number of phenolic OH excluding ortho intramolecular Hbond substituents is 3. The Labute approximate surface area is 182 Å². The van der Waals surface area contributed by atoms with Crippen LogP contribution in [0.4, 0.5) is 5.69 Å². The normalized spacial score (nSPS) is 24.2. The lowest BCUT2D eigenvalue weighted by molar-refractivity contribution is -0.115. The quantitative estimate of drug-likeness (QED) is 0.511. The SMILES string of the molecule is CC(=O)CNc1cccc(O)c1.Oc1cc(O)c2c(c1)CC(N1CC3CNCC3C1)C2. The highest BCUT2D eigenvalue weighted by atomic mass is 16.3. The van der Waals surface area contributed by atoms with Crippen molar-refractivity contribution in [1.29, 1.82) is 0 Å². The third kappa shape index (κ3) is 5.11. The summed E-state index contributed by atoms with van der Waals surface area (Å²) in [4.78, 5) is 13.2. The van der Waals surface area contributed by atoms with Crippen molar-refractivity contribution < 1.29 is 20.1 Å². The summed E-state index contributed by atoms with van der Waals surface area (Å²) in [5, 5.41) is 34.9. The van der Waals surface area contributed by atoms with Crippen LogP contribution in [-0.2, 0) is 17.6 Å². The molecule has 0 amide bonds. The fourth-order valence-corrected chi connectivity index (χ4v) is 4.97. The van der Waals surface area contributed by atoms with Crippen molar-refractivity contribution in [3.05, 3.63) is 47.5 Å². The average molecular weight is 426 g/mol. The van der Waals surface area contributed by atoms with Gasteiger partial charge in [0, 0.05) is 37.0 Å². The summed E-state index contributed by atoms with van der Waals surface area (Å²) >= 11 is 0. The summed E-state index contributed by atoms with van der Waals surface area (Å²) in [6.07, 6.45) is 1.89. The van der Waals surface area contributed by atoms with Gasteiger partial charge >= 0.3 is 0 Å². The van der Waals surface area contributed by atoms with Crippen molar-refractivity contribution >= 4 is 11.5 Å². The van der Waals surface area contributed by atoms with Crippen LogP contribution in [0, 0.1) is 11.8 Å². The fourth-order valence-electron chi connectivity index (χ4n) is 4.97. The first-order chi connectivity index (χ1) is 14.9. The molecule has 2 heterocycles. The molecule has 1 aliphatic carbocycles. The lowest BCUT2D eigenvalue weighted by atomic mass is 10.0. The molecule has 3 atom stereocenters. The molecule has 0 bridgehead atoms. The molecular weight excluding hydrogens is 394 g/mol. The standard InChI is InChI=1S/C15H20N2O2.C9H11NO2/c18-13-2-9-1-12(3-14(9)15(19)4-13)17-7-10-5-16-6-11(10)8-17;1-7(11)6-10-8-3-2-4-9(12)5-8/h2,4,10-12,16,18-19H,1,3,5-8H2;2-5,10,12H,6H2,1H3. The van der Waals surface area contributed by atoms with Crippen LogP contribution in [0.2, 0.25) is 0 Å². The van der Waals surface area contributed by atoms with Crippen LogP contribution in [0.1, 0.15) is 18.1 Å². The Bertz CT molecular complexity index is 936. The highest BCUT2D eigenvalue weighted by Crippen LogP contribution is 2.38. The molecule has 7 nitrogen and oxygen atoms in total. The van der Waals surface area contributed by atoms with Crippen molar-refractivity contribution in [1.82, 2.24) is 10.2 Å². The molecule has 3 aliphatic rings. The molecule has 7 heteroatoms. The van der Waals surface area contributed by atoms with Crippen LogP contribution in [0.5, 0.6) is 17.2 Å². The van der Waals surface area contributed by atoms with Gasteiger partial charge in [-0.25, -0.2) is 0 Å². The Kier molecular flexibility index (Phi) is 6.34. The van der Waals surface area contributed by atoms with E-state index >= 15 is 0 Å². The van der Waals surface area contributed by atoms with Gasteiger partial charge in [-0.1, -0.05) is 6.07 Å². The smallest absolute Gasteiger partial charge is 0.148 e. The van der Waals surface area contributed by atoms with Gasteiger partial charge in [-0.2, -0.15) is 0 Å². The third-order valence-corrected chi connectivity index (χ3v) is 6.52. The molecule has 0 radical (unpaired) electrons. The highest BCUT2D eigenvalue weighted by molar-refractivity contribution is 5.80. The predicted octanol–water partition coefficient (Wildman–Crippen LogP) is 2.11. The molecular formula is C24H31N3O4. The van der Waals surface area contributed by atoms with E-state index < -0.39 is 0 Å². The topological polar surface area (TPSA) is 105 Å². The molecule has 3 unspecified atom stereocenters. The number of ketones is 1. The van der Waals surface area contributed by atoms with Crippen LogP contribution in [0.25, 0.3) is 0 Å². The predicted molar refractivity (Wildman–Crippen MR) is 120 cm³/mol. The van der Waals surface area contributed by atoms with Gasteiger partial charge in [-0.05, 0) is 74.0 Å². The van der Waals surface area contributed by atoms with E-state index in [-0.39, 0.29) is 23.0 Å². The van der Waals surface area contributed by atoms with E-state index in [1.54, 1.807) is 24.3 Å². The zero-order valence-electron chi connectivity index (χ0n) is 17.8. The highest BCUT2D eigenvalue weighted by Gasteiger charge is 2.40. The summed E-state index contributed by atoms with van der Waals surface area (Å²) in [6.45, 7) is 6.49. The van der Waals surface area contributed by atoms with Gasteiger partial charge in [-0.15, -0.1) is 0 Å². The summed E-state index contributed by atoms with van der Waals surface area (Å²) in [7, 11) is 0. The van der Waals surface area contributed by atoms with E-state index in [4.69, 9.17) is 5.11 Å². The van der Waals surface area contributed by atoms with Gasteiger partial charge in [0.25, 0.3) is 0 Å². The maximum atomic E-state index is 10.6. The lowest BCUT2D eigenvalue weighted by Gasteiger charge is -2.24. The van der Waals surface area contributed by atoms with Crippen molar-refractivity contribution in [3.63, 3.8) is 0 Å². The maximum absolute atomic E-state index is 10.6. The summed E-state index contributed by atoms with van der Waals surface area (Å²) in [6, 6.07) is 10.5. The summed E-state index contributed by atoms with van der Waals surface area (Å²) < 4.78 is 0. The van der Waals surface area contributed by atoms with Crippen molar-refractivity contribution in [2.75, 3.05) is 38.0 Å². The first-order valence-electron chi connectivity index (χ1n) is 10.9. The minimum Gasteiger partial charge on any atom is -0.508 e. The molecule has 2 aromatic carbocycles. The van der Waals surface area contributed by atoms with Crippen molar-refractivity contribution in [2.24, 2.45) is 11.8 Å². The first-order valence-corrected chi connectivity index (χ1v) is 10.9. The molecule has 5 rings (SSSR count). The van der Waals surface area contributed by atoms with E-state index in [1.807, 2.05) is 6.07 Å². The molecule has 0 aromatic heterocycles. The van der Waals surface area contributed by atoms with Gasteiger partial charge in [0.15, 0.2) is 0 Å². The van der Waals surface area contributed by atoms with Crippen LogP contribution in [-0.4, -0.2) is 64.8 Å². The van der Waals surface area contributed by atoms with Gasteiger partial charge < -0.3 is 26.0 Å². The van der Waals surface area contributed by atoms with E-state index in [1.165, 1.54) is 26.1 Å². The number of nitrogens with one attached hydrogen (secondary N) is 2. The Balaban J connectivity index is 0.000000168. The number of hydrogen-bond donors (Lipinski definition) is 5. The largest absolute Gasteiger partial charge is 0.508 e. The molecule has 2 aromatic rings. The number of carbonyl (C=O) groups excluding carboxylic acids is 1. The molecule has 2 saturated heterocycles. The second kappa shape index (κ2) is 9.16. The van der Waals surface area contributed by atoms with Crippen molar-refractivity contribution in [2.45, 2.75) is 25.8 Å². The summed E-state index contributed by atoms with van der Waals surface area (Å²) in [5.74, 6) is 2.33. The monoisotopic (exact) mass is 425 g/mol. The van der Waals surface area contributed by atoms with Crippen LogP contribution < -0.4 is 10.6 Å². The Morgan fingerprint density at radius 2 is 1.81 bits per heavy atom. The number of likely N-dealkylation sites (tertiary alicyclic amines) is 1. The zero-order valence-corrected chi connectivity index (χ0v) is 17.8. The van der Waals surface area contributed by atoms with Gasteiger partial charge in [0.1, 0.15) is 23.0 Å². The number of carbonyl (C=O) groups is 1. The number of aromatic hydroxyl groups is 3. The van der Waals surface area contributed by atoms with Crippen LogP contribution in [0.15, 0.2) is 36.4 Å². The number of fused-ring (bicyclic) bond motifs is 2. The Hall–Kier alpha value is -2.77. The molecule has 5 N–H and O–H groups in total. The Morgan fingerprint density at radius 3 is 2.48 bits per heavy atom. The number of hydrogen-bond acceptors (Lipinski definition) is 7. The number of phenols is 3. The maximum Gasteiger partial charge on any atom is 0.148 e. The third-order valence-electron chi connectivity index (χ3n) is 6.52. The van der Waals surface area contributed by atoms with E-state index in [0.717, 1.165) is 54.6 Å². The minimum absolute atomic E-state index is 0.0679. The lowest BCUT2D eigenvalue weighted by Crippen LogP contribution is -2.36. The summed E-state index contributed by atoms with van der Waals surface area (Å²) in [5.41, 5.74) is 2.92. The molecule has 166 valence electrons. The van der Waals surface area contributed by atoms with Crippen LogP contribution >= 0.6 is 0 Å². The molecule has 2 aliphatic heterocycles. The number of Topliss-reactive ketones (excluding diaryl/α,β-unsaturated/α-hetero) is 1. The fraction of sp³-hybridized carbons (Fsp3) is 0.458. The number of rotatable bonds is 4. The number of anilines is 1. The van der Waals surface area contributed by atoms with Gasteiger partial charge in [-0.3, -0.25) is 9.69 Å². The molecule has 0 saturated carbocycles. The average Bonchev–Trinajstić information content (AvgIpc) is 3.41. The zero-order chi connectivity index (χ0) is 22.0. The van der Waals surface area contributed by atoms with Gasteiger partial charge in [0.2, 0.25) is 0 Å². The van der Waals surface area contributed by atoms with E-state index in [2.05, 4.69) is 15.5 Å². The molecule has 2 fully saturated rings. The second-order valence-corrected chi connectivity index (χ2v) is 8.90. The second-order valence-electron chi connectivity index (χ2n) is 8.90. The van der Waals surface area contributed by atoms with E-state index in [0.29, 0.717) is 12.6 Å². The first kappa shape index (κ1) is 21.5. The number of benzene rings is 2. The molecule has 31 heavy (non-hydrogen) atoms. The number of nitrogens with zero attached hydrogens (tertiary/aromatic N) is 1. The van der Waals surface area contributed by atoms with Gasteiger partial charge in [0.05, 0.1) is 6.54 Å². The van der Waals surface area contributed by atoms with Crippen LogP contribution in [0.3, 0.4) is 0 Å². The molecule has 0 spiro atoms.